The fourth-order valence-corrected chi connectivity index (χ4v) is 1.37. The molecule has 0 saturated heterocycles. The molecule has 1 heterocycles. The first-order valence-electron chi connectivity index (χ1n) is 3.14. The Bertz CT molecular complexity index is 137. The van der Waals surface area contributed by atoms with Crippen molar-refractivity contribution in [3.05, 3.63) is 11.5 Å². The Morgan fingerprint density at radius 1 is 1.67 bits per heavy atom. The van der Waals surface area contributed by atoms with Crippen LogP contribution in [0.5, 0.6) is 0 Å². The van der Waals surface area contributed by atoms with E-state index in [1.165, 1.54) is 0 Å². The molecule has 0 saturated carbocycles. The Hall–Kier alpha value is -0.240. The van der Waals surface area contributed by atoms with Gasteiger partial charge in [-0.15, -0.1) is 0 Å². The largest absolute Gasteiger partial charge is 0.276 e. The van der Waals surface area contributed by atoms with Crippen LogP contribution in [0.1, 0.15) is 20.3 Å². The fourth-order valence-electron chi connectivity index (χ4n) is 0.624. The molecule has 9 heavy (non-hydrogen) atoms. The Balaban J connectivity index is 2.67. The van der Waals surface area contributed by atoms with Gasteiger partial charge >= 0.3 is 0 Å². The molecule has 2 heteroatoms. The van der Waals surface area contributed by atoms with Crippen molar-refractivity contribution in [1.29, 1.82) is 0 Å². The SMILES string of the molecule is CCC1(C)C=CSC=N1. The van der Waals surface area contributed by atoms with Gasteiger partial charge < -0.3 is 0 Å². The molecule has 0 bridgehead atoms. The Morgan fingerprint density at radius 2 is 2.44 bits per heavy atom. The first-order chi connectivity index (χ1) is 4.27. The lowest BCUT2D eigenvalue weighted by atomic mass is 10.0. The van der Waals surface area contributed by atoms with Crippen molar-refractivity contribution in [3.8, 4) is 0 Å². The zero-order chi connectivity index (χ0) is 6.74. The van der Waals surface area contributed by atoms with Crippen LogP contribution in [0, 0.1) is 0 Å². The summed E-state index contributed by atoms with van der Waals surface area (Å²) in [6, 6.07) is 0. The second-order valence-corrected chi connectivity index (χ2v) is 3.14. The van der Waals surface area contributed by atoms with Gasteiger partial charge in [0, 0.05) is 0 Å². The molecule has 1 nitrogen and oxygen atoms in total. The number of thioether (sulfide) groups is 1. The normalized spacial score (nSPS) is 33.1. The molecular weight excluding hydrogens is 130 g/mol. The van der Waals surface area contributed by atoms with Gasteiger partial charge in [-0.3, -0.25) is 4.99 Å². The highest BCUT2D eigenvalue weighted by Crippen LogP contribution is 2.22. The Kier molecular flexibility index (Phi) is 1.96. The molecule has 1 aliphatic heterocycles. The van der Waals surface area contributed by atoms with Crippen molar-refractivity contribution in [2.75, 3.05) is 0 Å². The van der Waals surface area contributed by atoms with Crippen LogP contribution in [0.3, 0.4) is 0 Å². The highest BCUT2D eigenvalue weighted by atomic mass is 32.2. The van der Waals surface area contributed by atoms with Crippen LogP contribution >= 0.6 is 11.8 Å². The molecule has 0 spiro atoms. The maximum Gasteiger partial charge on any atom is 0.0771 e. The average Bonchev–Trinajstić information content (AvgIpc) is 1.90. The smallest absolute Gasteiger partial charge is 0.0771 e. The predicted molar refractivity (Wildman–Crippen MR) is 43.9 cm³/mol. The summed E-state index contributed by atoms with van der Waals surface area (Å²) < 4.78 is 0. The fraction of sp³-hybridized carbons (Fsp3) is 0.571. The molecule has 0 fully saturated rings. The third-order valence-electron chi connectivity index (χ3n) is 1.63. The summed E-state index contributed by atoms with van der Waals surface area (Å²) in [7, 11) is 0. The standard InChI is InChI=1S/C7H11NS/c1-3-7(2)4-5-9-6-8-7/h4-6H,3H2,1-2H3. The van der Waals surface area contributed by atoms with E-state index >= 15 is 0 Å². The summed E-state index contributed by atoms with van der Waals surface area (Å²) in [6.07, 6.45) is 3.23. The molecule has 0 aromatic heterocycles. The summed E-state index contributed by atoms with van der Waals surface area (Å²) in [5.74, 6) is 0. The number of aliphatic imine (C=N–C) groups is 1. The number of hydrogen-bond acceptors (Lipinski definition) is 2. The van der Waals surface area contributed by atoms with E-state index < -0.39 is 0 Å². The van der Waals surface area contributed by atoms with Crippen molar-refractivity contribution in [2.45, 2.75) is 25.8 Å². The highest BCUT2D eigenvalue weighted by Gasteiger charge is 2.16. The van der Waals surface area contributed by atoms with E-state index in [0.29, 0.717) is 0 Å². The third kappa shape index (κ3) is 1.58. The number of nitrogens with zero attached hydrogens (tertiary/aromatic N) is 1. The van der Waals surface area contributed by atoms with Crippen molar-refractivity contribution in [2.24, 2.45) is 4.99 Å². The van der Waals surface area contributed by atoms with Gasteiger partial charge in [0.2, 0.25) is 0 Å². The molecule has 0 aromatic rings. The number of hydrogen-bond donors (Lipinski definition) is 0. The second kappa shape index (κ2) is 2.56. The minimum atomic E-state index is 0.0885. The van der Waals surface area contributed by atoms with Crippen LogP contribution in [0.4, 0.5) is 0 Å². The van der Waals surface area contributed by atoms with E-state index in [-0.39, 0.29) is 5.54 Å². The summed E-state index contributed by atoms with van der Waals surface area (Å²) in [5, 5.41) is 2.09. The monoisotopic (exact) mass is 141 g/mol. The molecule has 1 aliphatic rings. The maximum atomic E-state index is 4.33. The minimum Gasteiger partial charge on any atom is -0.276 e. The van der Waals surface area contributed by atoms with E-state index in [9.17, 15) is 0 Å². The molecule has 0 N–H and O–H groups in total. The summed E-state index contributed by atoms with van der Waals surface area (Å²) in [4.78, 5) is 4.33. The predicted octanol–water partition coefficient (Wildman–Crippen LogP) is 2.44. The summed E-state index contributed by atoms with van der Waals surface area (Å²) >= 11 is 1.64. The van der Waals surface area contributed by atoms with E-state index in [4.69, 9.17) is 0 Å². The first-order valence-corrected chi connectivity index (χ1v) is 4.08. The lowest BCUT2D eigenvalue weighted by Gasteiger charge is -2.20. The van der Waals surface area contributed by atoms with Gasteiger partial charge in [-0.1, -0.05) is 24.8 Å². The Labute approximate surface area is 60.3 Å². The van der Waals surface area contributed by atoms with Crippen LogP contribution in [0.15, 0.2) is 16.5 Å². The van der Waals surface area contributed by atoms with E-state index in [0.717, 1.165) is 6.42 Å². The van der Waals surface area contributed by atoms with Gasteiger partial charge in [0.15, 0.2) is 0 Å². The lowest BCUT2D eigenvalue weighted by Crippen LogP contribution is -2.17. The van der Waals surface area contributed by atoms with Gasteiger partial charge in [0.1, 0.15) is 0 Å². The van der Waals surface area contributed by atoms with E-state index in [1.54, 1.807) is 11.8 Å². The van der Waals surface area contributed by atoms with Crippen LogP contribution in [-0.2, 0) is 0 Å². The van der Waals surface area contributed by atoms with Crippen LogP contribution in [0.2, 0.25) is 0 Å². The average molecular weight is 141 g/mol. The Morgan fingerprint density at radius 3 is 2.78 bits per heavy atom. The third-order valence-corrected chi connectivity index (χ3v) is 2.15. The minimum absolute atomic E-state index is 0.0885. The number of rotatable bonds is 1. The zero-order valence-corrected chi connectivity index (χ0v) is 6.61. The zero-order valence-electron chi connectivity index (χ0n) is 5.79. The first kappa shape index (κ1) is 6.87. The van der Waals surface area contributed by atoms with Gasteiger partial charge in [-0.2, -0.15) is 0 Å². The van der Waals surface area contributed by atoms with E-state index in [2.05, 4.69) is 30.3 Å². The maximum absolute atomic E-state index is 4.33. The molecule has 0 radical (unpaired) electrons. The molecular formula is C7H11NS. The topological polar surface area (TPSA) is 12.4 Å². The molecule has 1 rings (SSSR count). The van der Waals surface area contributed by atoms with Crippen molar-refractivity contribution >= 4 is 17.3 Å². The van der Waals surface area contributed by atoms with E-state index in [1.807, 2.05) is 5.55 Å². The molecule has 50 valence electrons. The van der Waals surface area contributed by atoms with Crippen molar-refractivity contribution in [1.82, 2.24) is 0 Å². The van der Waals surface area contributed by atoms with Crippen molar-refractivity contribution in [3.63, 3.8) is 0 Å². The van der Waals surface area contributed by atoms with Gasteiger partial charge in [0.05, 0.1) is 11.1 Å². The van der Waals surface area contributed by atoms with Crippen LogP contribution < -0.4 is 0 Å². The van der Waals surface area contributed by atoms with Gasteiger partial charge in [0.25, 0.3) is 0 Å². The summed E-state index contributed by atoms with van der Waals surface area (Å²) in [6.45, 7) is 4.29. The van der Waals surface area contributed by atoms with Gasteiger partial charge in [-0.05, 0) is 18.8 Å². The highest BCUT2D eigenvalue weighted by molar-refractivity contribution is 8.14. The lowest BCUT2D eigenvalue weighted by molar-refractivity contribution is 0.571. The molecule has 1 atom stereocenters. The molecule has 0 aliphatic carbocycles. The van der Waals surface area contributed by atoms with Crippen LogP contribution in [-0.4, -0.2) is 11.1 Å². The quantitative estimate of drug-likeness (QED) is 0.546. The van der Waals surface area contributed by atoms with Crippen LogP contribution in [0.25, 0.3) is 0 Å². The van der Waals surface area contributed by atoms with Crippen molar-refractivity contribution < 1.29 is 0 Å². The molecule has 1 unspecified atom stereocenters. The summed E-state index contributed by atoms with van der Waals surface area (Å²) in [5.41, 5.74) is 1.99. The van der Waals surface area contributed by atoms with Gasteiger partial charge in [-0.25, -0.2) is 0 Å². The molecule has 0 aromatic carbocycles. The second-order valence-electron chi connectivity index (χ2n) is 2.38. The molecule has 0 amide bonds.